The Morgan fingerprint density at radius 3 is 1.60 bits per heavy atom. The zero-order chi connectivity index (χ0) is 23.5. The van der Waals surface area contributed by atoms with E-state index in [2.05, 4.69) is 115 Å². The minimum atomic E-state index is -2.61. The third-order valence-electron chi connectivity index (χ3n) is 8.39. The maximum atomic E-state index is 2.39. The predicted molar refractivity (Wildman–Crippen MR) is 145 cm³/mol. The molecule has 0 saturated heterocycles. The van der Waals surface area contributed by atoms with Crippen molar-refractivity contribution in [2.24, 2.45) is 0 Å². The Kier molecular flexibility index (Phi) is 6.60. The van der Waals surface area contributed by atoms with Gasteiger partial charge < -0.3 is 0 Å². The molecule has 0 amide bonds. The molecule has 4 aromatic carbocycles. The fourth-order valence-corrected chi connectivity index (χ4v) is 16.5. The molecule has 6 rings (SSSR count). The van der Waals surface area contributed by atoms with E-state index in [1.54, 1.807) is 33.4 Å². The topological polar surface area (TPSA) is 0 Å². The Balaban J connectivity index is 1.50. The molecule has 0 heterocycles. The van der Waals surface area contributed by atoms with Gasteiger partial charge in [-0.2, -0.15) is 0 Å². The molecule has 0 bridgehead atoms. The second-order valence-corrected chi connectivity index (χ2v) is 17.6. The van der Waals surface area contributed by atoms with Gasteiger partial charge in [-0.3, -0.25) is 0 Å². The van der Waals surface area contributed by atoms with Gasteiger partial charge in [-0.25, -0.2) is 0 Å². The number of hydrogen-bond acceptors (Lipinski definition) is 0. The molecular weight excluding hydrogens is 456 g/mol. The number of rotatable bonds is 7. The Labute approximate surface area is 214 Å². The molecule has 4 aromatic rings. The van der Waals surface area contributed by atoms with E-state index in [4.69, 9.17) is 0 Å². The van der Waals surface area contributed by atoms with Crippen LogP contribution in [0, 0.1) is 0 Å². The van der Waals surface area contributed by atoms with Crippen LogP contribution in [0.4, 0.5) is 0 Å². The number of allylic oxidation sites excluding steroid dienone is 2. The summed E-state index contributed by atoms with van der Waals surface area (Å²) in [5.74, 6) is 0. The van der Waals surface area contributed by atoms with E-state index in [9.17, 15) is 0 Å². The zero-order valence-corrected chi connectivity index (χ0v) is 22.1. The second-order valence-electron chi connectivity index (χ2n) is 10.6. The van der Waals surface area contributed by atoms with Gasteiger partial charge in [0.15, 0.2) is 0 Å². The summed E-state index contributed by atoms with van der Waals surface area (Å²) >= 11 is -2.61. The maximum absolute atomic E-state index is 2.61. The van der Waals surface area contributed by atoms with E-state index in [1.807, 2.05) is 5.57 Å². The number of fused-ring (bicyclic) bond motifs is 2. The molecule has 0 N–H and O–H groups in total. The first-order valence-corrected chi connectivity index (χ1v) is 17.4. The fraction of sp³-hybridized carbons (Fsp3) is 0.235. The molecule has 0 fully saturated rings. The Morgan fingerprint density at radius 1 is 0.571 bits per heavy atom. The fourth-order valence-electron chi connectivity index (χ4n) is 6.98. The molecule has 0 aliphatic heterocycles. The van der Waals surface area contributed by atoms with Gasteiger partial charge in [0.1, 0.15) is 0 Å². The summed E-state index contributed by atoms with van der Waals surface area (Å²) in [7, 11) is 0. The van der Waals surface area contributed by atoms with Crippen LogP contribution in [0.2, 0.25) is 4.22 Å². The molecule has 0 spiro atoms. The first-order valence-electron chi connectivity index (χ1n) is 13.2. The van der Waals surface area contributed by atoms with E-state index >= 15 is 0 Å². The van der Waals surface area contributed by atoms with Crippen molar-refractivity contribution < 1.29 is 16.6 Å². The summed E-state index contributed by atoms with van der Waals surface area (Å²) in [5.41, 5.74) is 11.3. The summed E-state index contributed by atoms with van der Waals surface area (Å²) in [4.78, 5) is 0. The van der Waals surface area contributed by atoms with Gasteiger partial charge in [0.05, 0.1) is 0 Å². The molecule has 174 valence electrons. The number of hydrogen-bond donors (Lipinski definition) is 0. The minimum absolute atomic E-state index is 0.770. The van der Waals surface area contributed by atoms with Crippen molar-refractivity contribution >= 4 is 5.57 Å². The van der Waals surface area contributed by atoms with Crippen LogP contribution in [-0.4, -0.2) is 0 Å². The van der Waals surface area contributed by atoms with Gasteiger partial charge in [0.25, 0.3) is 0 Å². The van der Waals surface area contributed by atoms with Gasteiger partial charge in [-0.1, -0.05) is 0 Å². The van der Waals surface area contributed by atoms with Crippen molar-refractivity contribution in [1.29, 1.82) is 0 Å². The van der Waals surface area contributed by atoms with Crippen LogP contribution in [0.25, 0.3) is 5.57 Å². The van der Waals surface area contributed by atoms with Gasteiger partial charge in [0.2, 0.25) is 0 Å². The van der Waals surface area contributed by atoms with Crippen molar-refractivity contribution in [3.63, 3.8) is 0 Å². The molecule has 0 nitrogen and oxygen atoms in total. The van der Waals surface area contributed by atoms with Gasteiger partial charge >= 0.3 is 215 Å². The first-order chi connectivity index (χ1) is 17.3. The number of benzene rings is 4. The van der Waals surface area contributed by atoms with Crippen molar-refractivity contribution in [2.75, 3.05) is 0 Å². The molecule has 0 aromatic heterocycles. The average molecular weight is 491 g/mol. The van der Waals surface area contributed by atoms with E-state index in [1.165, 1.54) is 39.9 Å². The third kappa shape index (κ3) is 4.75. The Bertz CT molecular complexity index is 1200. The van der Waals surface area contributed by atoms with E-state index < -0.39 is 16.6 Å². The summed E-state index contributed by atoms with van der Waals surface area (Å²) in [6, 6.07) is 43.5. The molecule has 35 heavy (non-hydrogen) atoms. The van der Waals surface area contributed by atoms with E-state index in [0.29, 0.717) is 0 Å². The predicted octanol–water partition coefficient (Wildman–Crippen LogP) is 8.72. The SMILES string of the molecule is c1ccc([CH2][Ti]([CH2]c2ccccc2)([CH2]c2ccccc2)[CH]2CCCC3=C2Cc2ccccc23)cc1. The van der Waals surface area contributed by atoms with Crippen LogP contribution < -0.4 is 0 Å². The van der Waals surface area contributed by atoms with Crippen molar-refractivity contribution in [1.82, 2.24) is 0 Å². The van der Waals surface area contributed by atoms with Crippen LogP contribution >= 0.6 is 0 Å². The Morgan fingerprint density at radius 2 is 1.06 bits per heavy atom. The molecule has 2 aliphatic carbocycles. The van der Waals surface area contributed by atoms with Crippen LogP contribution in [0.5, 0.6) is 0 Å². The summed E-state index contributed by atoms with van der Waals surface area (Å²) in [6.45, 7) is 0. The van der Waals surface area contributed by atoms with Gasteiger partial charge in [-0.15, -0.1) is 0 Å². The van der Waals surface area contributed by atoms with Crippen LogP contribution in [0.15, 0.2) is 121 Å². The Hall–Kier alpha value is -2.67. The molecule has 1 heteroatoms. The first kappa shape index (κ1) is 22.8. The van der Waals surface area contributed by atoms with Crippen LogP contribution in [0.1, 0.15) is 47.1 Å². The quantitative estimate of drug-likeness (QED) is 0.227. The average Bonchev–Trinajstić information content (AvgIpc) is 3.29. The van der Waals surface area contributed by atoms with Crippen molar-refractivity contribution in [2.45, 2.75) is 44.1 Å². The molecule has 2 aliphatic rings. The summed E-state index contributed by atoms with van der Waals surface area (Å²) in [6.07, 6.45) is 5.16. The molecule has 0 saturated carbocycles. The third-order valence-corrected chi connectivity index (χ3v) is 16.9. The monoisotopic (exact) mass is 490 g/mol. The van der Waals surface area contributed by atoms with Gasteiger partial charge in [0, 0.05) is 0 Å². The summed E-state index contributed by atoms with van der Waals surface area (Å²) < 4.78 is 4.65. The molecule has 1 unspecified atom stereocenters. The summed E-state index contributed by atoms with van der Waals surface area (Å²) in [5, 5.41) is 0. The van der Waals surface area contributed by atoms with Crippen molar-refractivity contribution in [3.05, 3.63) is 149 Å². The zero-order valence-electron chi connectivity index (χ0n) is 20.5. The molecular formula is C34H34Ti. The standard InChI is InChI=1S/C13H13.3C7H7.Ti/c1-3-7-12-10(5-1)9-11-6-2-4-8-13(11)12;3*1-7-5-3-2-4-6-7;/h1,3,5-7H,2,4,8-9H2;3*2-6H,1H2;. The van der Waals surface area contributed by atoms with Gasteiger partial charge in [-0.05, 0) is 0 Å². The molecule has 1 atom stereocenters. The van der Waals surface area contributed by atoms with Crippen LogP contribution in [0.3, 0.4) is 0 Å². The normalized spacial score (nSPS) is 17.2. The van der Waals surface area contributed by atoms with E-state index in [0.717, 1.165) is 4.22 Å². The van der Waals surface area contributed by atoms with E-state index in [-0.39, 0.29) is 0 Å². The van der Waals surface area contributed by atoms with Crippen molar-refractivity contribution in [3.8, 4) is 0 Å². The van der Waals surface area contributed by atoms with Crippen LogP contribution in [-0.2, 0) is 37.2 Å². The molecule has 0 radical (unpaired) electrons. The second kappa shape index (κ2) is 10.1.